The molecule has 1 saturated carbocycles. The van der Waals surface area contributed by atoms with Crippen molar-refractivity contribution in [2.24, 2.45) is 0 Å². The normalized spacial score (nSPS) is 14.3. The van der Waals surface area contributed by atoms with E-state index in [1.165, 1.54) is 157 Å². The van der Waals surface area contributed by atoms with Crippen LogP contribution in [0.15, 0.2) is 231 Å². The van der Waals surface area contributed by atoms with Gasteiger partial charge in [0, 0.05) is 34.1 Å². The Morgan fingerprint density at radius 2 is 0.937 bits per heavy atom. The number of benzene rings is 11. The summed E-state index contributed by atoms with van der Waals surface area (Å²) in [6.45, 7) is 8.88. The highest BCUT2D eigenvalue weighted by Gasteiger charge is 2.54. The van der Waals surface area contributed by atoms with E-state index >= 15 is 0 Å². The summed E-state index contributed by atoms with van der Waals surface area (Å²) in [5.74, 6) is 1.24. The van der Waals surface area contributed by atoms with E-state index in [9.17, 15) is 0 Å². The zero-order valence-electron chi connectivity index (χ0n) is 46.6. The van der Waals surface area contributed by atoms with Crippen molar-refractivity contribution in [3.05, 3.63) is 264 Å². The van der Waals surface area contributed by atoms with Gasteiger partial charge in [0.25, 0.3) is 0 Å². The molecule has 3 aliphatic rings. The Hall–Kier alpha value is -8.20. The highest BCUT2D eigenvalue weighted by atomic mass is 15.1. The first-order valence-electron chi connectivity index (χ1n) is 29.7. The van der Waals surface area contributed by atoms with Gasteiger partial charge in [-0.05, 0) is 198 Å². The third kappa shape index (κ3) is 8.54. The van der Waals surface area contributed by atoms with Gasteiger partial charge in [-0.2, -0.15) is 0 Å². The van der Waals surface area contributed by atoms with E-state index in [4.69, 9.17) is 0 Å². The standard InChI is InChI=1S/C74H64N2.C3H8/c1-3-5-21-50(4-2)52-34-39-57(40-35-52)75(55-24-11-7-12-25-55)59-43-46-61-54(48-59)38-45-67-71-65-31-16-15-28-62(65)68-49-60(76(56-26-13-8-14-27-56)58-41-36-53(37-42-58)51-22-9-6-10-23-51)44-47-66(68)73(71)74(72(61)67)69-32-19-17-29-63(69)64-30-18-20-33-70(64)74;1-3-2/h7-8,11-20,24-51H,3-6,9-10,21-23H2,1-2H3;3H2,1-2H3. The van der Waals surface area contributed by atoms with Crippen LogP contribution in [0.2, 0.25) is 0 Å². The minimum absolute atomic E-state index is 0.582. The molecule has 390 valence electrons. The summed E-state index contributed by atoms with van der Waals surface area (Å²) in [6, 6.07) is 88.1. The second-order valence-electron chi connectivity index (χ2n) is 22.6. The molecule has 0 aromatic heterocycles. The monoisotopic (exact) mass is 1020 g/mol. The van der Waals surface area contributed by atoms with Crippen molar-refractivity contribution >= 4 is 66.4 Å². The first kappa shape index (κ1) is 50.3. The Balaban J connectivity index is 0.00000193. The fraction of sp³-hybridized carbons (Fsp3) is 0.221. The van der Waals surface area contributed by atoms with E-state index in [0.29, 0.717) is 11.8 Å². The number of hydrogen-bond acceptors (Lipinski definition) is 2. The highest BCUT2D eigenvalue weighted by Crippen LogP contribution is 2.67. The number of para-hydroxylation sites is 2. The van der Waals surface area contributed by atoms with Gasteiger partial charge in [-0.25, -0.2) is 0 Å². The van der Waals surface area contributed by atoms with Gasteiger partial charge in [0.2, 0.25) is 0 Å². The number of rotatable bonds is 12. The van der Waals surface area contributed by atoms with Crippen molar-refractivity contribution in [1.29, 1.82) is 0 Å². The van der Waals surface area contributed by atoms with Crippen LogP contribution in [0.1, 0.15) is 137 Å². The van der Waals surface area contributed by atoms with Gasteiger partial charge in [0.05, 0.1) is 5.41 Å². The zero-order valence-corrected chi connectivity index (χ0v) is 46.6. The van der Waals surface area contributed by atoms with Crippen LogP contribution >= 0.6 is 0 Å². The molecule has 3 aliphatic carbocycles. The zero-order chi connectivity index (χ0) is 53.5. The SMILES string of the molecule is CCC.CCCCC(CC)c1ccc(N(c2ccccc2)c2ccc3c4c(ccc3c2)-c2c(c3ccc(N(c5ccccc5)c5ccc(C6CCCCC6)cc5)cc3c3ccccc23)C42c3ccccc3-c3ccccc32)cc1. The van der Waals surface area contributed by atoms with Crippen LogP contribution < -0.4 is 9.80 Å². The maximum atomic E-state index is 2.49. The summed E-state index contributed by atoms with van der Waals surface area (Å²) in [4.78, 5) is 4.90. The number of anilines is 6. The lowest BCUT2D eigenvalue weighted by atomic mass is 9.68. The molecule has 11 aromatic carbocycles. The molecule has 0 radical (unpaired) electrons. The minimum atomic E-state index is -0.584. The molecule has 0 amide bonds. The van der Waals surface area contributed by atoms with E-state index in [1.54, 1.807) is 0 Å². The van der Waals surface area contributed by atoms with Gasteiger partial charge in [0.15, 0.2) is 0 Å². The van der Waals surface area contributed by atoms with Gasteiger partial charge in [0.1, 0.15) is 0 Å². The summed E-state index contributed by atoms with van der Waals surface area (Å²) in [7, 11) is 0. The lowest BCUT2D eigenvalue weighted by Gasteiger charge is -2.33. The Bertz CT molecular complexity index is 3920. The molecule has 14 rings (SSSR count). The van der Waals surface area contributed by atoms with Crippen LogP contribution in [-0.4, -0.2) is 0 Å². The Labute approximate surface area is 469 Å². The molecule has 0 aliphatic heterocycles. The predicted octanol–water partition coefficient (Wildman–Crippen LogP) is 22.6. The van der Waals surface area contributed by atoms with Gasteiger partial charge in [-0.15, -0.1) is 0 Å². The Kier molecular flexibility index (Phi) is 13.7. The molecule has 0 saturated heterocycles. The van der Waals surface area contributed by atoms with Crippen molar-refractivity contribution in [1.82, 2.24) is 0 Å². The van der Waals surface area contributed by atoms with Crippen molar-refractivity contribution in [2.75, 3.05) is 9.80 Å². The summed E-state index contributed by atoms with van der Waals surface area (Å²) < 4.78 is 0. The fourth-order valence-electron chi connectivity index (χ4n) is 14.3. The van der Waals surface area contributed by atoms with Crippen molar-refractivity contribution < 1.29 is 0 Å². The molecule has 2 nitrogen and oxygen atoms in total. The average molecular weight is 1030 g/mol. The van der Waals surface area contributed by atoms with Crippen LogP contribution in [0.5, 0.6) is 0 Å². The topological polar surface area (TPSA) is 6.48 Å². The molecule has 1 unspecified atom stereocenters. The van der Waals surface area contributed by atoms with Crippen molar-refractivity contribution in [3.63, 3.8) is 0 Å². The van der Waals surface area contributed by atoms with Crippen LogP contribution in [-0.2, 0) is 5.41 Å². The van der Waals surface area contributed by atoms with Crippen molar-refractivity contribution in [2.45, 2.75) is 109 Å². The first-order chi connectivity index (χ1) is 39.0. The van der Waals surface area contributed by atoms with Gasteiger partial charge in [-0.3, -0.25) is 0 Å². The van der Waals surface area contributed by atoms with E-state index < -0.39 is 5.41 Å². The molecule has 0 bridgehead atoms. The molecule has 1 atom stereocenters. The molecule has 2 heteroatoms. The third-order valence-corrected chi connectivity index (χ3v) is 17.8. The maximum Gasteiger partial charge on any atom is 0.0737 e. The minimum Gasteiger partial charge on any atom is -0.310 e. The highest BCUT2D eigenvalue weighted by molar-refractivity contribution is 6.22. The van der Waals surface area contributed by atoms with Crippen molar-refractivity contribution in [3.8, 4) is 22.3 Å². The van der Waals surface area contributed by atoms with Gasteiger partial charge >= 0.3 is 0 Å². The van der Waals surface area contributed by atoms with E-state index in [-0.39, 0.29) is 0 Å². The molecule has 0 N–H and O–H groups in total. The van der Waals surface area contributed by atoms with Crippen LogP contribution in [0, 0.1) is 0 Å². The fourth-order valence-corrected chi connectivity index (χ4v) is 14.3. The molecule has 79 heavy (non-hydrogen) atoms. The van der Waals surface area contributed by atoms with Crippen LogP contribution in [0.25, 0.3) is 54.6 Å². The number of nitrogens with zero attached hydrogens (tertiary/aromatic N) is 2. The molecular formula is C77H72N2. The summed E-state index contributed by atoms with van der Waals surface area (Å²) in [5.41, 5.74) is 20.0. The second-order valence-corrected chi connectivity index (χ2v) is 22.6. The number of fused-ring (bicyclic) bond motifs is 17. The largest absolute Gasteiger partial charge is 0.310 e. The lowest BCUT2D eigenvalue weighted by molar-refractivity contribution is 0.443. The maximum absolute atomic E-state index is 2.49. The van der Waals surface area contributed by atoms with Gasteiger partial charge < -0.3 is 9.80 Å². The predicted molar refractivity (Wildman–Crippen MR) is 339 cm³/mol. The Morgan fingerprint density at radius 3 is 1.54 bits per heavy atom. The molecule has 1 spiro atoms. The van der Waals surface area contributed by atoms with E-state index in [2.05, 4.69) is 268 Å². The van der Waals surface area contributed by atoms with Crippen LogP contribution in [0.3, 0.4) is 0 Å². The smallest absolute Gasteiger partial charge is 0.0737 e. The number of unbranched alkanes of at least 4 members (excludes halogenated alkanes) is 1. The molecule has 1 fully saturated rings. The van der Waals surface area contributed by atoms with Crippen LogP contribution in [0.4, 0.5) is 34.1 Å². The quantitative estimate of drug-likeness (QED) is 0.113. The third-order valence-electron chi connectivity index (χ3n) is 17.8. The average Bonchev–Trinajstić information content (AvgIpc) is 2.29. The first-order valence-corrected chi connectivity index (χ1v) is 29.7. The number of hydrogen-bond donors (Lipinski definition) is 0. The summed E-state index contributed by atoms with van der Waals surface area (Å²) in [5, 5.41) is 7.65. The van der Waals surface area contributed by atoms with E-state index in [1.807, 2.05) is 0 Å². The summed E-state index contributed by atoms with van der Waals surface area (Å²) in [6.07, 6.45) is 12.7. The van der Waals surface area contributed by atoms with Gasteiger partial charge in [-0.1, -0.05) is 224 Å². The molecule has 11 aromatic rings. The van der Waals surface area contributed by atoms with E-state index in [0.717, 1.165) is 29.2 Å². The lowest BCUT2D eigenvalue weighted by Crippen LogP contribution is -2.26. The molecular weight excluding hydrogens is 953 g/mol. The Morgan fingerprint density at radius 1 is 0.418 bits per heavy atom. The second kappa shape index (κ2) is 21.6. The molecule has 0 heterocycles. The summed E-state index contributed by atoms with van der Waals surface area (Å²) >= 11 is 0.